The minimum absolute atomic E-state index is 0.0505. The molecule has 1 saturated heterocycles. The molecule has 2 heterocycles. The van der Waals surface area contributed by atoms with Crippen LogP contribution in [-0.4, -0.2) is 41.4 Å². The number of hydrogen-bond donors (Lipinski definition) is 2. The summed E-state index contributed by atoms with van der Waals surface area (Å²) in [5.41, 5.74) is 2.14. The number of aryl methyl sites for hydroxylation is 1. The Morgan fingerprint density at radius 1 is 1.35 bits per heavy atom. The molecule has 0 radical (unpaired) electrons. The number of nitrogens with one attached hydrogen (secondary N) is 2. The van der Waals surface area contributed by atoms with Crippen molar-refractivity contribution in [3.63, 3.8) is 0 Å². The highest BCUT2D eigenvalue weighted by Gasteiger charge is 2.24. The molecule has 3 rings (SSSR count). The van der Waals surface area contributed by atoms with E-state index in [1.54, 1.807) is 18.2 Å². The van der Waals surface area contributed by atoms with Gasteiger partial charge in [0.15, 0.2) is 5.69 Å². The predicted octanol–water partition coefficient (Wildman–Crippen LogP) is 3.37. The third kappa shape index (κ3) is 4.22. The fourth-order valence-electron chi connectivity index (χ4n) is 3.29. The van der Waals surface area contributed by atoms with E-state index in [4.69, 9.17) is 4.74 Å². The molecule has 140 valence electrons. The number of amides is 1. The summed E-state index contributed by atoms with van der Waals surface area (Å²) in [6, 6.07) is 6.47. The fraction of sp³-hybridized carbons (Fsp3) is 0.474. The summed E-state index contributed by atoms with van der Waals surface area (Å²) in [5.74, 6) is -0.720. The molecule has 7 heteroatoms. The second-order valence-corrected chi connectivity index (χ2v) is 6.81. The Morgan fingerprint density at radius 3 is 2.73 bits per heavy atom. The lowest BCUT2D eigenvalue weighted by Crippen LogP contribution is -2.45. The molecule has 1 amide bonds. The number of halogens is 1. The number of rotatable bonds is 5. The van der Waals surface area contributed by atoms with E-state index < -0.39 is 0 Å². The summed E-state index contributed by atoms with van der Waals surface area (Å²) in [7, 11) is 0. The first-order chi connectivity index (χ1) is 12.5. The van der Waals surface area contributed by atoms with Crippen molar-refractivity contribution in [2.24, 2.45) is 0 Å². The summed E-state index contributed by atoms with van der Waals surface area (Å²) in [5, 5.41) is 9.55. The number of hydrogen-bond acceptors (Lipinski definition) is 4. The van der Waals surface area contributed by atoms with Crippen molar-refractivity contribution in [2.45, 2.75) is 45.8 Å². The first-order valence-electron chi connectivity index (χ1n) is 9.02. The van der Waals surface area contributed by atoms with Gasteiger partial charge in [0.25, 0.3) is 5.91 Å². The molecule has 0 bridgehead atoms. The average Bonchev–Trinajstić information content (AvgIpc) is 3.03. The van der Waals surface area contributed by atoms with Gasteiger partial charge in [-0.25, -0.2) is 4.39 Å². The van der Waals surface area contributed by atoms with Crippen LogP contribution >= 0.6 is 0 Å². The summed E-state index contributed by atoms with van der Waals surface area (Å²) < 4.78 is 20.3. The molecule has 2 atom stereocenters. The number of morpholine rings is 1. The van der Waals surface area contributed by atoms with Gasteiger partial charge in [-0.3, -0.25) is 9.89 Å². The van der Waals surface area contributed by atoms with Crippen LogP contribution in [0.4, 0.5) is 15.8 Å². The van der Waals surface area contributed by atoms with Crippen LogP contribution in [0, 0.1) is 5.82 Å². The van der Waals surface area contributed by atoms with Crippen molar-refractivity contribution in [2.75, 3.05) is 23.3 Å². The molecule has 1 aromatic heterocycles. The summed E-state index contributed by atoms with van der Waals surface area (Å²) in [6.07, 6.45) is 1.90. The minimum Gasteiger partial charge on any atom is -0.372 e. The molecular formula is C19H25FN4O2. The summed E-state index contributed by atoms with van der Waals surface area (Å²) >= 11 is 0. The Labute approximate surface area is 152 Å². The molecule has 1 aromatic carbocycles. The molecule has 1 aliphatic heterocycles. The highest BCUT2D eigenvalue weighted by atomic mass is 19.1. The van der Waals surface area contributed by atoms with E-state index in [-0.39, 0.29) is 23.9 Å². The minimum atomic E-state index is -0.363. The molecule has 1 aliphatic rings. The van der Waals surface area contributed by atoms with Gasteiger partial charge in [-0.2, -0.15) is 5.10 Å². The van der Waals surface area contributed by atoms with Gasteiger partial charge in [-0.15, -0.1) is 0 Å². The Bertz CT molecular complexity index is 767. The molecule has 2 aromatic rings. The van der Waals surface area contributed by atoms with Gasteiger partial charge >= 0.3 is 0 Å². The quantitative estimate of drug-likeness (QED) is 0.858. The molecule has 6 nitrogen and oxygen atoms in total. The zero-order valence-corrected chi connectivity index (χ0v) is 15.4. The Balaban J connectivity index is 1.69. The number of aromatic nitrogens is 2. The van der Waals surface area contributed by atoms with E-state index in [2.05, 4.69) is 22.4 Å². The number of aromatic amines is 1. The standard InChI is InChI=1S/C19H25FN4O2/c1-4-5-15-9-17(23-22-15)19(25)21-14-6-7-18(16(20)8-14)24-10-12(2)26-13(3)11-24/h6-9,12-13H,4-5,10-11H2,1-3H3,(H,21,25)(H,22,23)/t12-,13-/m1/s1. The zero-order valence-electron chi connectivity index (χ0n) is 15.4. The van der Waals surface area contributed by atoms with Gasteiger partial charge < -0.3 is 15.0 Å². The molecule has 26 heavy (non-hydrogen) atoms. The van der Waals surface area contributed by atoms with Crippen LogP contribution in [0.25, 0.3) is 0 Å². The number of H-pyrrole nitrogens is 1. The molecule has 0 saturated carbocycles. The van der Waals surface area contributed by atoms with Crippen LogP contribution in [0.2, 0.25) is 0 Å². The predicted molar refractivity (Wildman–Crippen MR) is 99.2 cm³/mol. The number of benzene rings is 1. The summed E-state index contributed by atoms with van der Waals surface area (Å²) in [6.45, 7) is 7.29. The van der Waals surface area contributed by atoms with Crippen LogP contribution in [0.5, 0.6) is 0 Å². The van der Waals surface area contributed by atoms with Crippen LogP contribution in [0.1, 0.15) is 43.4 Å². The smallest absolute Gasteiger partial charge is 0.276 e. The lowest BCUT2D eigenvalue weighted by molar-refractivity contribution is -0.00539. The van der Waals surface area contributed by atoms with E-state index >= 15 is 0 Å². The average molecular weight is 360 g/mol. The van der Waals surface area contributed by atoms with Gasteiger partial charge in [0.1, 0.15) is 5.82 Å². The summed E-state index contributed by atoms with van der Waals surface area (Å²) in [4.78, 5) is 14.2. The van der Waals surface area contributed by atoms with Gasteiger partial charge in [0.05, 0.1) is 17.9 Å². The second-order valence-electron chi connectivity index (χ2n) is 6.81. The van der Waals surface area contributed by atoms with E-state index in [9.17, 15) is 9.18 Å². The van der Waals surface area contributed by atoms with E-state index in [1.165, 1.54) is 6.07 Å². The van der Waals surface area contributed by atoms with Gasteiger partial charge in [-0.05, 0) is 44.5 Å². The number of nitrogens with zero attached hydrogens (tertiary/aromatic N) is 2. The van der Waals surface area contributed by atoms with Crippen molar-refractivity contribution < 1.29 is 13.9 Å². The van der Waals surface area contributed by atoms with Crippen LogP contribution < -0.4 is 10.2 Å². The molecule has 0 unspecified atom stereocenters. The topological polar surface area (TPSA) is 70.2 Å². The highest BCUT2D eigenvalue weighted by Crippen LogP contribution is 2.26. The van der Waals surface area contributed by atoms with Crippen LogP contribution in [-0.2, 0) is 11.2 Å². The van der Waals surface area contributed by atoms with Crippen molar-refractivity contribution in [3.05, 3.63) is 41.5 Å². The SMILES string of the molecule is CCCc1cc(C(=O)Nc2ccc(N3C[C@@H](C)O[C@H](C)C3)c(F)c2)n[nH]1. The van der Waals surface area contributed by atoms with Crippen LogP contribution in [0.3, 0.4) is 0 Å². The number of carbonyl (C=O) groups is 1. The maximum Gasteiger partial charge on any atom is 0.276 e. The van der Waals surface area contributed by atoms with Crippen molar-refractivity contribution in [1.29, 1.82) is 0 Å². The maximum atomic E-state index is 14.6. The molecule has 2 N–H and O–H groups in total. The molecule has 0 spiro atoms. The molecular weight excluding hydrogens is 335 g/mol. The number of ether oxygens (including phenoxy) is 1. The Kier molecular flexibility index (Phi) is 5.56. The largest absolute Gasteiger partial charge is 0.372 e. The molecule has 1 fully saturated rings. The van der Waals surface area contributed by atoms with Crippen molar-refractivity contribution in [1.82, 2.24) is 10.2 Å². The van der Waals surface area contributed by atoms with Gasteiger partial charge in [-0.1, -0.05) is 13.3 Å². The third-order valence-electron chi connectivity index (χ3n) is 4.35. The lowest BCUT2D eigenvalue weighted by atomic mass is 10.1. The Morgan fingerprint density at radius 2 is 2.08 bits per heavy atom. The van der Waals surface area contributed by atoms with Gasteiger partial charge in [0, 0.05) is 24.5 Å². The number of carbonyl (C=O) groups excluding carboxylic acids is 1. The second kappa shape index (κ2) is 7.86. The lowest BCUT2D eigenvalue weighted by Gasteiger charge is -2.37. The third-order valence-corrected chi connectivity index (χ3v) is 4.35. The first kappa shape index (κ1) is 18.4. The monoisotopic (exact) mass is 360 g/mol. The van der Waals surface area contributed by atoms with E-state index in [0.717, 1.165) is 18.5 Å². The van der Waals surface area contributed by atoms with Crippen molar-refractivity contribution >= 4 is 17.3 Å². The van der Waals surface area contributed by atoms with Gasteiger partial charge in [0.2, 0.25) is 0 Å². The number of anilines is 2. The highest BCUT2D eigenvalue weighted by molar-refractivity contribution is 6.03. The molecule has 0 aliphatic carbocycles. The van der Waals surface area contributed by atoms with Crippen LogP contribution in [0.15, 0.2) is 24.3 Å². The Hall–Kier alpha value is -2.41. The van der Waals surface area contributed by atoms with E-state index in [1.807, 2.05) is 18.7 Å². The normalized spacial score (nSPS) is 20.2. The fourth-order valence-corrected chi connectivity index (χ4v) is 3.29. The first-order valence-corrected chi connectivity index (χ1v) is 9.02. The maximum absolute atomic E-state index is 14.6. The van der Waals surface area contributed by atoms with Crippen molar-refractivity contribution in [3.8, 4) is 0 Å². The zero-order chi connectivity index (χ0) is 18.7. The van der Waals surface area contributed by atoms with E-state index in [0.29, 0.717) is 30.2 Å².